The molecule has 1 aliphatic rings. The zero-order valence-electron chi connectivity index (χ0n) is 11.7. The number of esters is 1. The summed E-state index contributed by atoms with van der Waals surface area (Å²) in [6, 6.07) is 1.62. The summed E-state index contributed by atoms with van der Waals surface area (Å²) in [5.74, 6) is -0.189. The molecule has 1 N–H and O–H groups in total. The fourth-order valence-electron chi connectivity index (χ4n) is 2.31. The van der Waals surface area contributed by atoms with Gasteiger partial charge in [-0.05, 0) is 42.0 Å². The number of hydrogen-bond acceptors (Lipinski definition) is 4. The van der Waals surface area contributed by atoms with Gasteiger partial charge in [-0.2, -0.15) is 0 Å². The van der Waals surface area contributed by atoms with Crippen molar-refractivity contribution in [2.45, 2.75) is 33.8 Å². The lowest BCUT2D eigenvalue weighted by Gasteiger charge is -2.21. The molecular formula is C15H20O4. The molecule has 0 bridgehead atoms. The highest BCUT2D eigenvalue weighted by Crippen LogP contribution is 2.31. The van der Waals surface area contributed by atoms with E-state index in [-0.39, 0.29) is 11.7 Å². The topological polar surface area (TPSA) is 55.8 Å². The molecule has 4 nitrogen and oxygen atoms in total. The molecule has 0 radical (unpaired) electrons. The van der Waals surface area contributed by atoms with Gasteiger partial charge in [0.25, 0.3) is 0 Å². The van der Waals surface area contributed by atoms with Crippen LogP contribution in [0.15, 0.2) is 6.07 Å². The Hall–Kier alpha value is -1.55. The first kappa shape index (κ1) is 13.9. The molecule has 4 heteroatoms. The Kier molecular flexibility index (Phi) is 4.10. The van der Waals surface area contributed by atoms with Crippen LogP contribution in [0.3, 0.4) is 0 Å². The largest absolute Gasteiger partial charge is 0.507 e. The Balaban J connectivity index is 2.32. The van der Waals surface area contributed by atoms with E-state index >= 15 is 0 Å². The van der Waals surface area contributed by atoms with Gasteiger partial charge in [-0.25, -0.2) is 4.79 Å². The first-order valence-electron chi connectivity index (χ1n) is 6.60. The summed E-state index contributed by atoms with van der Waals surface area (Å²) >= 11 is 0. The Morgan fingerprint density at radius 3 is 2.95 bits per heavy atom. The van der Waals surface area contributed by atoms with Gasteiger partial charge >= 0.3 is 5.97 Å². The molecule has 0 amide bonds. The lowest BCUT2D eigenvalue weighted by atomic mass is 9.93. The maximum Gasteiger partial charge on any atom is 0.342 e. The minimum absolute atomic E-state index is 0.0180. The van der Waals surface area contributed by atoms with Crippen molar-refractivity contribution in [1.29, 1.82) is 0 Å². The molecule has 0 saturated heterocycles. The Bertz CT molecular complexity index is 491. The minimum atomic E-state index is -0.446. The summed E-state index contributed by atoms with van der Waals surface area (Å²) in [5.41, 5.74) is 3.16. The predicted octanol–water partition coefficient (Wildman–Crippen LogP) is 2.59. The van der Waals surface area contributed by atoms with Gasteiger partial charge in [-0.3, -0.25) is 0 Å². The molecule has 1 aromatic rings. The van der Waals surface area contributed by atoms with Crippen LogP contribution >= 0.6 is 0 Å². The molecule has 0 aliphatic carbocycles. The Morgan fingerprint density at radius 1 is 1.53 bits per heavy atom. The predicted molar refractivity (Wildman–Crippen MR) is 71.3 cm³/mol. The summed E-state index contributed by atoms with van der Waals surface area (Å²) in [6.45, 7) is 7.31. The number of carbonyl (C=O) groups excluding carboxylic acids is 1. The van der Waals surface area contributed by atoms with E-state index in [1.165, 1.54) is 0 Å². The summed E-state index contributed by atoms with van der Waals surface area (Å²) in [4.78, 5) is 12.1. The fourth-order valence-corrected chi connectivity index (χ4v) is 2.31. The molecule has 1 heterocycles. The van der Waals surface area contributed by atoms with E-state index in [0.29, 0.717) is 25.4 Å². The number of aromatic hydroxyl groups is 1. The van der Waals surface area contributed by atoms with Crippen molar-refractivity contribution in [3.05, 3.63) is 28.3 Å². The van der Waals surface area contributed by atoms with Crippen molar-refractivity contribution in [3.63, 3.8) is 0 Å². The maximum absolute atomic E-state index is 12.1. The first-order valence-corrected chi connectivity index (χ1v) is 6.60. The van der Waals surface area contributed by atoms with Gasteiger partial charge in [0.15, 0.2) is 0 Å². The quantitative estimate of drug-likeness (QED) is 0.852. The van der Waals surface area contributed by atoms with Crippen LogP contribution in [0.25, 0.3) is 0 Å². The molecule has 19 heavy (non-hydrogen) atoms. The molecule has 1 aliphatic heterocycles. The molecule has 0 fully saturated rings. The van der Waals surface area contributed by atoms with Crippen LogP contribution in [0.2, 0.25) is 0 Å². The molecule has 0 spiro atoms. The zero-order chi connectivity index (χ0) is 14.0. The van der Waals surface area contributed by atoms with E-state index in [1.807, 2.05) is 20.8 Å². The van der Waals surface area contributed by atoms with E-state index in [1.54, 1.807) is 6.07 Å². The highest BCUT2D eigenvalue weighted by Gasteiger charge is 2.23. The van der Waals surface area contributed by atoms with E-state index < -0.39 is 5.97 Å². The molecule has 2 rings (SSSR count). The van der Waals surface area contributed by atoms with E-state index in [0.717, 1.165) is 23.1 Å². The summed E-state index contributed by atoms with van der Waals surface area (Å²) < 4.78 is 10.6. The van der Waals surface area contributed by atoms with E-state index in [4.69, 9.17) is 9.47 Å². The smallest absolute Gasteiger partial charge is 0.342 e. The molecule has 0 saturated carbocycles. The molecule has 0 unspecified atom stereocenters. The number of ether oxygens (including phenoxy) is 2. The summed E-state index contributed by atoms with van der Waals surface area (Å²) in [5, 5.41) is 10.0. The molecule has 0 aromatic heterocycles. The highest BCUT2D eigenvalue weighted by molar-refractivity contribution is 5.94. The van der Waals surface area contributed by atoms with Gasteiger partial charge in [0, 0.05) is 0 Å². The van der Waals surface area contributed by atoms with Crippen molar-refractivity contribution in [2.75, 3.05) is 13.2 Å². The second kappa shape index (κ2) is 5.61. The van der Waals surface area contributed by atoms with Gasteiger partial charge in [-0.1, -0.05) is 13.8 Å². The van der Waals surface area contributed by atoms with Gasteiger partial charge in [-0.15, -0.1) is 0 Å². The molecule has 0 atom stereocenters. The third-order valence-electron chi connectivity index (χ3n) is 3.29. The van der Waals surface area contributed by atoms with Crippen molar-refractivity contribution in [2.24, 2.45) is 5.92 Å². The Labute approximate surface area is 113 Å². The molecular weight excluding hydrogens is 244 g/mol. The normalized spacial score (nSPS) is 14.3. The number of phenolic OH excluding ortho intramolecular Hbond substituents is 1. The number of fused-ring (bicyclic) bond motifs is 1. The van der Waals surface area contributed by atoms with Gasteiger partial charge in [0.2, 0.25) is 0 Å². The standard InChI is InChI=1S/C15H20O4/c1-9(2)7-19-15(17)14-10(3)12-4-5-18-8-11(12)6-13(14)16/h6,9,16H,4-5,7-8H2,1-3H3. The van der Waals surface area contributed by atoms with E-state index in [9.17, 15) is 9.90 Å². The average molecular weight is 264 g/mol. The van der Waals surface area contributed by atoms with Gasteiger partial charge in [0.05, 0.1) is 19.8 Å². The number of benzene rings is 1. The van der Waals surface area contributed by atoms with E-state index in [2.05, 4.69) is 0 Å². The van der Waals surface area contributed by atoms with Crippen LogP contribution in [-0.2, 0) is 22.5 Å². The van der Waals surface area contributed by atoms with Crippen molar-refractivity contribution in [3.8, 4) is 5.75 Å². The SMILES string of the molecule is Cc1c2c(cc(O)c1C(=O)OCC(C)C)COCC2. The Morgan fingerprint density at radius 2 is 2.26 bits per heavy atom. The van der Waals surface area contributed by atoms with Crippen molar-refractivity contribution >= 4 is 5.97 Å². The number of rotatable bonds is 3. The average Bonchev–Trinajstić information content (AvgIpc) is 2.36. The number of phenols is 1. The second-order valence-corrected chi connectivity index (χ2v) is 5.33. The monoisotopic (exact) mass is 264 g/mol. The van der Waals surface area contributed by atoms with Crippen LogP contribution in [0.5, 0.6) is 5.75 Å². The van der Waals surface area contributed by atoms with Gasteiger partial charge in [0.1, 0.15) is 11.3 Å². The van der Waals surface area contributed by atoms with Crippen LogP contribution in [0, 0.1) is 12.8 Å². The lowest BCUT2D eigenvalue weighted by molar-refractivity contribution is 0.0453. The van der Waals surface area contributed by atoms with Crippen LogP contribution in [0.4, 0.5) is 0 Å². The third kappa shape index (κ3) is 2.89. The fraction of sp³-hybridized carbons (Fsp3) is 0.533. The number of hydrogen-bond donors (Lipinski definition) is 1. The highest BCUT2D eigenvalue weighted by atomic mass is 16.5. The molecule has 1 aromatic carbocycles. The van der Waals surface area contributed by atoms with Crippen LogP contribution in [0.1, 0.15) is 40.9 Å². The zero-order valence-corrected chi connectivity index (χ0v) is 11.7. The van der Waals surface area contributed by atoms with Crippen molar-refractivity contribution < 1.29 is 19.4 Å². The maximum atomic E-state index is 12.1. The van der Waals surface area contributed by atoms with Crippen LogP contribution < -0.4 is 0 Å². The first-order chi connectivity index (χ1) is 9.00. The van der Waals surface area contributed by atoms with Gasteiger partial charge < -0.3 is 14.6 Å². The van der Waals surface area contributed by atoms with Crippen LogP contribution in [-0.4, -0.2) is 24.3 Å². The molecule has 104 valence electrons. The third-order valence-corrected chi connectivity index (χ3v) is 3.29. The van der Waals surface area contributed by atoms with Crippen molar-refractivity contribution in [1.82, 2.24) is 0 Å². The summed E-state index contributed by atoms with van der Waals surface area (Å²) in [7, 11) is 0. The second-order valence-electron chi connectivity index (χ2n) is 5.33. The lowest BCUT2D eigenvalue weighted by Crippen LogP contribution is -2.17. The number of carbonyl (C=O) groups is 1. The summed E-state index contributed by atoms with van der Waals surface area (Å²) in [6.07, 6.45) is 0.770. The minimum Gasteiger partial charge on any atom is -0.507 e.